The molecule has 0 saturated carbocycles. The van der Waals surface area contributed by atoms with Crippen molar-refractivity contribution in [2.75, 3.05) is 4.90 Å². The van der Waals surface area contributed by atoms with Gasteiger partial charge in [0.2, 0.25) is 0 Å². The van der Waals surface area contributed by atoms with E-state index in [1.807, 2.05) is 0 Å². The average Bonchev–Trinajstić information content (AvgIpc) is 1.66. The molecule has 0 radical (unpaired) electrons. The quantitative estimate of drug-likeness (QED) is 0.158. The number of aryl methyl sites for hydroxylation is 5. The van der Waals surface area contributed by atoms with Crippen molar-refractivity contribution < 1.29 is 41.4 Å². The van der Waals surface area contributed by atoms with E-state index in [0.29, 0.717) is 38.6 Å². The van der Waals surface area contributed by atoms with Crippen molar-refractivity contribution in [3.63, 3.8) is 0 Å². The van der Waals surface area contributed by atoms with Gasteiger partial charge in [0.15, 0.2) is 0 Å². The number of furan rings is 1. The molecule has 0 fully saturated rings. The van der Waals surface area contributed by atoms with Gasteiger partial charge in [0.1, 0.15) is 11.2 Å². The van der Waals surface area contributed by atoms with Crippen LogP contribution in [0.2, 0.25) is 0 Å². The monoisotopic (exact) mass is 907 g/mol. The third kappa shape index (κ3) is 6.93. The largest absolute Gasteiger partial charge is 0.455 e. The molecule has 0 bridgehead atoms. The molecule has 68 heavy (non-hydrogen) atoms. The van der Waals surface area contributed by atoms with E-state index in [1.165, 1.54) is 27.7 Å². The zero-order valence-corrected chi connectivity index (χ0v) is 38.9. The first kappa shape index (κ1) is 22.4. The van der Waals surface area contributed by atoms with E-state index in [9.17, 15) is 21.9 Å². The van der Waals surface area contributed by atoms with Crippen LogP contribution in [0.4, 0.5) is 17.1 Å². The van der Waals surface area contributed by atoms with Gasteiger partial charge in [0.05, 0.1) is 37.0 Å². The Labute approximate surface area is 439 Å². The third-order valence-electron chi connectivity index (χ3n) is 12.8. The zero-order valence-electron chi connectivity index (χ0n) is 65.9. The van der Waals surface area contributed by atoms with E-state index in [4.69, 9.17) is 19.5 Å². The Morgan fingerprint density at radius 2 is 0.956 bits per heavy atom. The van der Waals surface area contributed by atoms with Crippen LogP contribution in [0, 0.1) is 69.2 Å². The fourth-order valence-corrected chi connectivity index (χ4v) is 9.10. The smallest absolute Gasteiger partial charge is 0.143 e. The highest BCUT2D eigenvalue weighted by Gasteiger charge is 2.25. The highest BCUT2D eigenvalue weighted by molar-refractivity contribution is 6.23. The number of fused-ring (bicyclic) bond motifs is 6. The van der Waals surface area contributed by atoms with Gasteiger partial charge < -0.3 is 9.32 Å². The van der Waals surface area contributed by atoms with Crippen molar-refractivity contribution in [1.29, 1.82) is 0 Å². The van der Waals surface area contributed by atoms with Gasteiger partial charge in [0.25, 0.3) is 0 Å². The molecule has 1 aromatic heterocycles. The zero-order chi connectivity index (χ0) is 70.6. The molecule has 0 saturated heterocycles. The Hall–Kier alpha value is -7.68. The number of hydrogen-bond donors (Lipinski definition) is 0. The topological polar surface area (TPSA) is 16.4 Å². The number of anilines is 3. The van der Waals surface area contributed by atoms with Gasteiger partial charge in [0, 0.05) is 33.2 Å². The molecule has 0 aliphatic carbocycles. The van der Waals surface area contributed by atoms with Gasteiger partial charge in [-0.05, 0) is 228 Å². The van der Waals surface area contributed by atoms with Gasteiger partial charge in [-0.15, -0.1) is 0 Å². The second-order valence-corrected chi connectivity index (χ2v) is 17.0. The van der Waals surface area contributed by atoms with Crippen LogP contribution in [-0.2, 0) is 0 Å². The molecule has 2 nitrogen and oxygen atoms in total. The SMILES string of the molecule is [2H]c1c([2H])c([2H])c(-c2c([2H])c([2H])c(N(c3c([2H])c([2H])c(-c4c([2H])c([2H])c(-c5c([2H])c([2H])c(C)c6c([2H])c([2H])c(C)c(C)c56)c([2H])c4[2H])c([2H])c3C)c3c([2H])c([2H])c4oc5c6c(C)c(C)c([2H])c(C)c6c(-c6c([2H])c([2H])c([2H])c([2H])c6C)c(C)c5c4c3[2H])c(C)c2[2H])c([2H])c1[2H]. The minimum Gasteiger partial charge on any atom is -0.455 e. The molecule has 0 aliphatic rings. The van der Waals surface area contributed by atoms with Crippen LogP contribution in [0.25, 0.3) is 88.0 Å². The van der Waals surface area contributed by atoms with Crippen LogP contribution >= 0.6 is 0 Å². The number of nitrogens with zero attached hydrogens (tertiary/aromatic N) is 1. The highest BCUT2D eigenvalue weighted by atomic mass is 16.3. The van der Waals surface area contributed by atoms with E-state index in [2.05, 4.69) is 0 Å². The summed E-state index contributed by atoms with van der Waals surface area (Å²) in [7, 11) is 0. The van der Waals surface area contributed by atoms with Gasteiger partial charge in [-0.3, -0.25) is 0 Å². The fourth-order valence-electron chi connectivity index (χ4n) is 9.10. The van der Waals surface area contributed by atoms with Crippen LogP contribution in [0.1, 0.15) is 92.6 Å². The normalized spacial score (nSPS) is 17.2. The van der Waals surface area contributed by atoms with E-state index in [-0.39, 0.29) is 101 Å². The summed E-state index contributed by atoms with van der Waals surface area (Å²) in [5.41, 5.74) is -3.48. The second-order valence-electron chi connectivity index (χ2n) is 17.0. The summed E-state index contributed by atoms with van der Waals surface area (Å²) >= 11 is 0. The lowest BCUT2D eigenvalue weighted by molar-refractivity contribution is 0.672. The summed E-state index contributed by atoms with van der Waals surface area (Å²) in [4.78, 5) is 0.876. The van der Waals surface area contributed by atoms with Crippen LogP contribution in [0.3, 0.4) is 0 Å². The van der Waals surface area contributed by atoms with Crippen LogP contribution in [-0.4, -0.2) is 0 Å². The Kier molecular flexibility index (Phi) is 5.46. The molecule has 11 aromatic rings. The lowest BCUT2D eigenvalue weighted by Crippen LogP contribution is -2.13. The molecule has 0 unspecified atom stereocenters. The predicted octanol–water partition coefficient (Wildman–Crippen LogP) is 19.1. The lowest BCUT2D eigenvalue weighted by Gasteiger charge is -2.29. The molecular weight excluding hydrogens is 823 g/mol. The molecule has 11 rings (SSSR count). The molecule has 0 atom stereocenters. The minimum atomic E-state index is -0.973. The predicted molar refractivity (Wildman–Crippen MR) is 293 cm³/mol. The van der Waals surface area contributed by atoms with Crippen molar-refractivity contribution in [3.05, 3.63) is 219 Å². The summed E-state index contributed by atoms with van der Waals surface area (Å²) in [5.74, 6) is 0. The summed E-state index contributed by atoms with van der Waals surface area (Å²) in [6.07, 6.45) is 0. The maximum absolute atomic E-state index is 10.5. The van der Waals surface area contributed by atoms with Crippen LogP contribution < -0.4 is 4.90 Å². The molecular formula is C66H57NO. The number of benzene rings is 10. The molecule has 332 valence electrons. The molecule has 0 spiro atoms. The van der Waals surface area contributed by atoms with Crippen molar-refractivity contribution in [2.24, 2.45) is 0 Å². The summed E-state index contributed by atoms with van der Waals surface area (Å²) in [5, 5.41) is 0.746. The summed E-state index contributed by atoms with van der Waals surface area (Å²) in [6.45, 7) is 15.3. The molecule has 0 amide bonds. The molecule has 0 aliphatic heterocycles. The number of hydrogen-bond acceptors (Lipinski definition) is 2. The number of rotatable bonds is 7. The lowest BCUT2D eigenvalue weighted by atomic mass is 9.84. The Balaban J connectivity index is 1.30. The van der Waals surface area contributed by atoms with Gasteiger partial charge in [-0.1, -0.05) is 121 Å². The van der Waals surface area contributed by atoms with Crippen molar-refractivity contribution >= 4 is 60.5 Å². The molecule has 2 heteroatoms. The highest BCUT2D eigenvalue weighted by Crippen LogP contribution is 2.49. The maximum Gasteiger partial charge on any atom is 0.143 e. The van der Waals surface area contributed by atoms with Gasteiger partial charge in [-0.2, -0.15) is 0 Å². The van der Waals surface area contributed by atoms with E-state index in [0.717, 1.165) is 4.90 Å². The average molecular weight is 907 g/mol. The van der Waals surface area contributed by atoms with E-state index < -0.39 is 184 Å². The Morgan fingerprint density at radius 3 is 1.66 bits per heavy atom. The first-order valence-corrected chi connectivity index (χ1v) is 21.8. The second kappa shape index (κ2) is 16.6. The first-order valence-electron chi connectivity index (χ1n) is 35.3. The van der Waals surface area contributed by atoms with E-state index >= 15 is 0 Å². The summed E-state index contributed by atoms with van der Waals surface area (Å²) in [6, 6.07) is -18.2. The van der Waals surface area contributed by atoms with Gasteiger partial charge in [-0.25, -0.2) is 0 Å². The maximum atomic E-state index is 10.5. The third-order valence-corrected chi connectivity index (χ3v) is 12.8. The van der Waals surface area contributed by atoms with Crippen molar-refractivity contribution in [2.45, 2.75) is 69.2 Å². The van der Waals surface area contributed by atoms with E-state index in [1.54, 1.807) is 41.5 Å². The molecule has 0 N–H and O–H groups in total. The minimum absolute atomic E-state index is 0.0309. The Morgan fingerprint density at radius 1 is 0.353 bits per heavy atom. The van der Waals surface area contributed by atoms with Crippen molar-refractivity contribution in [3.8, 4) is 44.5 Å². The fraction of sp³-hybridized carbons (Fsp3) is 0.152. The van der Waals surface area contributed by atoms with Crippen molar-refractivity contribution in [1.82, 2.24) is 0 Å². The molecule has 10 aromatic carbocycles. The molecule has 1 heterocycles. The standard InChI is InChI=1S/C66H57NO/c1-38-20-29-55-40(3)21-30-56(62(55)45(38)8)50-24-22-49(23-25-50)52-27-32-59(43(6)36-52)67(58-31-26-51(35-42(58)5)48-17-12-11-13-18-48)53-28-33-60-57(37-53)64-47(10)63(54-19-15-14-16-39(54)2)61-44(7)34-41(4)46(9)65(61)66(64)68-60/h11-37H,1-10H3/i11D,12D,13D,14D,15D,16D,17D,18D,19D,20D,21D,22D,23D,24D,25D,26D,27D,28D,29D,30D,31D,32D,33D,34D,35D,36D,37D. The first-order chi connectivity index (χ1) is 44.2. The van der Waals surface area contributed by atoms with Gasteiger partial charge >= 0.3 is 0 Å². The van der Waals surface area contributed by atoms with Crippen LogP contribution in [0.5, 0.6) is 0 Å². The Bertz CT molecular complexity index is 5300. The summed E-state index contributed by atoms with van der Waals surface area (Å²) < 4.78 is 259. The van der Waals surface area contributed by atoms with Crippen LogP contribution in [0.15, 0.2) is 168 Å².